The van der Waals surface area contributed by atoms with E-state index in [1.807, 2.05) is 0 Å². The summed E-state index contributed by atoms with van der Waals surface area (Å²) in [5.41, 5.74) is 1.07. The van der Waals surface area contributed by atoms with Crippen molar-refractivity contribution in [1.82, 2.24) is 9.97 Å². The van der Waals surface area contributed by atoms with Crippen molar-refractivity contribution in [2.24, 2.45) is 0 Å². The molecule has 1 aromatic heterocycles. The Hall–Kier alpha value is -1.20. The van der Waals surface area contributed by atoms with Crippen LogP contribution in [0.2, 0.25) is 0 Å². The lowest BCUT2D eigenvalue weighted by molar-refractivity contribution is 0.200. The number of hydrogen-bond donors (Lipinski definition) is 2. The van der Waals surface area contributed by atoms with Crippen molar-refractivity contribution in [3.63, 3.8) is 0 Å². The molecule has 0 saturated heterocycles. The van der Waals surface area contributed by atoms with Crippen LogP contribution in [-0.4, -0.2) is 35.4 Å². The van der Waals surface area contributed by atoms with Gasteiger partial charge in [0.15, 0.2) is 0 Å². The van der Waals surface area contributed by atoms with E-state index in [9.17, 15) is 4.79 Å². The van der Waals surface area contributed by atoms with Crippen LogP contribution < -0.4 is 5.56 Å². The summed E-state index contributed by atoms with van der Waals surface area (Å²) in [6, 6.07) is 0. The topological polar surface area (TPSA) is 75.2 Å². The van der Waals surface area contributed by atoms with Crippen LogP contribution in [0.25, 0.3) is 0 Å². The number of nitrogens with one attached hydrogen (secondary N) is 1. The summed E-state index contributed by atoms with van der Waals surface area (Å²) in [5.74, 6) is 0.626. The molecule has 5 heteroatoms. The van der Waals surface area contributed by atoms with Gasteiger partial charge in [-0.05, 0) is 6.92 Å². The van der Waals surface area contributed by atoms with E-state index in [-0.39, 0.29) is 12.2 Å². The van der Waals surface area contributed by atoms with Crippen molar-refractivity contribution >= 4 is 0 Å². The molecule has 1 rings (SSSR count). The summed E-state index contributed by atoms with van der Waals surface area (Å²) in [5, 5.41) is 8.78. The van der Waals surface area contributed by atoms with Crippen LogP contribution in [0.5, 0.6) is 0 Å². The Balaban J connectivity index is 2.92. The zero-order valence-electron chi connectivity index (χ0n) is 9.04. The highest BCUT2D eigenvalue weighted by Crippen LogP contribution is 2.00. The molecule has 0 aliphatic rings. The number of aromatic nitrogens is 2. The van der Waals surface area contributed by atoms with Crippen molar-refractivity contribution in [3.8, 4) is 0 Å². The van der Waals surface area contributed by atoms with Crippen molar-refractivity contribution in [1.29, 1.82) is 0 Å². The molecule has 0 atom stereocenters. The summed E-state index contributed by atoms with van der Waals surface area (Å²) < 4.78 is 4.90. The fourth-order valence-electron chi connectivity index (χ4n) is 1.39. The van der Waals surface area contributed by atoms with Gasteiger partial charge >= 0.3 is 0 Å². The summed E-state index contributed by atoms with van der Waals surface area (Å²) in [6.45, 7) is 2.27. The smallest absolute Gasteiger partial charge is 0.254 e. The summed E-state index contributed by atoms with van der Waals surface area (Å²) in [6.07, 6.45) is 0.935. The minimum atomic E-state index is -0.164. The van der Waals surface area contributed by atoms with Gasteiger partial charge < -0.3 is 14.8 Å². The number of H-pyrrole nitrogens is 1. The standard InChI is InChI=1S/C10H16N2O3/c1-7-8(3-5-13)10(14)12-9(11-7)4-6-15-2/h13H,3-6H2,1-2H3,(H,11,12,14). The molecule has 0 aliphatic carbocycles. The molecule has 2 N–H and O–H groups in total. The molecule has 0 aromatic carbocycles. The maximum Gasteiger partial charge on any atom is 0.254 e. The summed E-state index contributed by atoms with van der Waals surface area (Å²) in [4.78, 5) is 18.5. The fraction of sp³-hybridized carbons (Fsp3) is 0.600. The van der Waals surface area contributed by atoms with Crippen LogP contribution in [-0.2, 0) is 17.6 Å². The van der Waals surface area contributed by atoms with Crippen LogP contribution in [0, 0.1) is 6.92 Å². The van der Waals surface area contributed by atoms with Gasteiger partial charge in [-0.1, -0.05) is 0 Å². The molecule has 0 unspecified atom stereocenters. The number of aryl methyl sites for hydroxylation is 1. The lowest BCUT2D eigenvalue weighted by atomic mass is 10.2. The van der Waals surface area contributed by atoms with E-state index < -0.39 is 0 Å². The van der Waals surface area contributed by atoms with Gasteiger partial charge in [0, 0.05) is 37.8 Å². The Morgan fingerprint density at radius 1 is 1.47 bits per heavy atom. The average Bonchev–Trinajstić information content (AvgIpc) is 2.20. The maximum atomic E-state index is 11.6. The maximum absolute atomic E-state index is 11.6. The van der Waals surface area contributed by atoms with E-state index in [0.717, 1.165) is 0 Å². The molecular weight excluding hydrogens is 196 g/mol. The molecule has 0 amide bonds. The highest BCUT2D eigenvalue weighted by Gasteiger charge is 2.07. The highest BCUT2D eigenvalue weighted by atomic mass is 16.5. The predicted molar refractivity (Wildman–Crippen MR) is 56.0 cm³/mol. The van der Waals surface area contributed by atoms with Gasteiger partial charge in [0.25, 0.3) is 5.56 Å². The molecule has 84 valence electrons. The van der Waals surface area contributed by atoms with Gasteiger partial charge in [0.2, 0.25) is 0 Å². The third-order valence-corrected chi connectivity index (χ3v) is 2.18. The van der Waals surface area contributed by atoms with E-state index in [0.29, 0.717) is 36.5 Å². The van der Waals surface area contributed by atoms with E-state index in [2.05, 4.69) is 9.97 Å². The van der Waals surface area contributed by atoms with E-state index in [1.54, 1.807) is 14.0 Å². The molecule has 1 aromatic rings. The van der Waals surface area contributed by atoms with E-state index in [1.165, 1.54) is 0 Å². The predicted octanol–water partition coefficient (Wildman–Crippen LogP) is -0.198. The van der Waals surface area contributed by atoms with Gasteiger partial charge in [0.1, 0.15) is 5.82 Å². The first-order valence-corrected chi connectivity index (χ1v) is 4.87. The molecule has 0 aliphatic heterocycles. The van der Waals surface area contributed by atoms with Gasteiger partial charge in [-0.25, -0.2) is 4.98 Å². The van der Waals surface area contributed by atoms with Crippen molar-refractivity contribution in [3.05, 3.63) is 27.4 Å². The SMILES string of the molecule is COCCc1nc(C)c(CCO)c(=O)[nH]1. The number of aliphatic hydroxyl groups excluding tert-OH is 1. The van der Waals surface area contributed by atoms with Crippen LogP contribution in [0.4, 0.5) is 0 Å². The van der Waals surface area contributed by atoms with Gasteiger partial charge in [-0.3, -0.25) is 4.79 Å². The second-order valence-electron chi connectivity index (χ2n) is 3.29. The quantitative estimate of drug-likeness (QED) is 0.709. The van der Waals surface area contributed by atoms with Crippen LogP contribution >= 0.6 is 0 Å². The zero-order valence-corrected chi connectivity index (χ0v) is 9.04. The molecule has 15 heavy (non-hydrogen) atoms. The minimum Gasteiger partial charge on any atom is -0.396 e. The van der Waals surface area contributed by atoms with E-state index >= 15 is 0 Å². The first-order chi connectivity index (χ1) is 7.19. The van der Waals surface area contributed by atoms with Gasteiger partial charge in [-0.2, -0.15) is 0 Å². The first kappa shape index (κ1) is 11.9. The number of aliphatic hydroxyl groups is 1. The number of hydrogen-bond acceptors (Lipinski definition) is 4. The Morgan fingerprint density at radius 2 is 2.20 bits per heavy atom. The second kappa shape index (κ2) is 5.63. The van der Waals surface area contributed by atoms with Crippen molar-refractivity contribution in [2.45, 2.75) is 19.8 Å². The molecule has 0 fully saturated rings. The fourth-order valence-corrected chi connectivity index (χ4v) is 1.39. The minimum absolute atomic E-state index is 0.0387. The lowest BCUT2D eigenvalue weighted by Gasteiger charge is -2.05. The van der Waals surface area contributed by atoms with Crippen LogP contribution in [0.15, 0.2) is 4.79 Å². The molecule has 0 spiro atoms. The molecular formula is C10H16N2O3. The monoisotopic (exact) mass is 212 g/mol. The second-order valence-corrected chi connectivity index (χ2v) is 3.29. The Morgan fingerprint density at radius 3 is 2.73 bits per heavy atom. The molecule has 0 bridgehead atoms. The number of rotatable bonds is 5. The zero-order chi connectivity index (χ0) is 11.3. The lowest BCUT2D eigenvalue weighted by Crippen LogP contribution is -2.20. The highest BCUT2D eigenvalue weighted by molar-refractivity contribution is 5.16. The first-order valence-electron chi connectivity index (χ1n) is 4.87. The normalized spacial score (nSPS) is 10.6. The largest absolute Gasteiger partial charge is 0.396 e. The summed E-state index contributed by atoms with van der Waals surface area (Å²) in [7, 11) is 1.60. The third-order valence-electron chi connectivity index (χ3n) is 2.18. The van der Waals surface area contributed by atoms with Crippen LogP contribution in [0.1, 0.15) is 17.1 Å². The summed E-state index contributed by atoms with van der Waals surface area (Å²) >= 11 is 0. The molecule has 0 saturated carbocycles. The molecule has 5 nitrogen and oxygen atoms in total. The average molecular weight is 212 g/mol. The van der Waals surface area contributed by atoms with Gasteiger partial charge in [-0.15, -0.1) is 0 Å². The van der Waals surface area contributed by atoms with Crippen molar-refractivity contribution in [2.75, 3.05) is 20.3 Å². The van der Waals surface area contributed by atoms with Crippen molar-refractivity contribution < 1.29 is 9.84 Å². The Bertz CT molecular complexity index is 373. The number of methoxy groups -OCH3 is 1. The number of ether oxygens (including phenoxy) is 1. The molecule has 1 heterocycles. The Labute approximate surface area is 88.1 Å². The van der Waals surface area contributed by atoms with Crippen LogP contribution in [0.3, 0.4) is 0 Å². The number of aromatic amines is 1. The number of nitrogens with zero attached hydrogens (tertiary/aromatic N) is 1. The Kier molecular flexibility index (Phi) is 4.45. The third kappa shape index (κ3) is 3.14. The van der Waals surface area contributed by atoms with E-state index in [4.69, 9.17) is 9.84 Å². The van der Waals surface area contributed by atoms with Gasteiger partial charge in [0.05, 0.1) is 6.61 Å². The molecule has 0 radical (unpaired) electrons.